The zero-order valence-corrected chi connectivity index (χ0v) is 11.4. The summed E-state index contributed by atoms with van der Waals surface area (Å²) < 4.78 is 6.72. The number of nitrogens with one attached hydrogen (secondary N) is 1. The van der Waals surface area contributed by atoms with E-state index in [0.29, 0.717) is 11.6 Å². The van der Waals surface area contributed by atoms with Crippen LogP contribution >= 0.6 is 0 Å². The summed E-state index contributed by atoms with van der Waals surface area (Å²) in [6, 6.07) is 3.00. The predicted octanol–water partition coefficient (Wildman–Crippen LogP) is 2.52. The van der Waals surface area contributed by atoms with E-state index in [1.807, 2.05) is 13.8 Å². The fourth-order valence-corrected chi connectivity index (χ4v) is 1.61. The highest BCUT2D eigenvalue weighted by Crippen LogP contribution is 2.27. The molecule has 0 saturated carbocycles. The molecule has 0 unspecified atom stereocenters. The number of nitrogens with zero attached hydrogens (tertiary/aromatic N) is 4. The predicted molar refractivity (Wildman–Crippen MR) is 73.3 cm³/mol. The monoisotopic (exact) mass is 277 g/mol. The number of ether oxygens (including phenoxy) is 1. The lowest BCUT2D eigenvalue weighted by Crippen LogP contribution is -2.01. The number of anilines is 2. The molecule has 0 bridgehead atoms. The van der Waals surface area contributed by atoms with Gasteiger partial charge >= 0.3 is 5.69 Å². The van der Waals surface area contributed by atoms with Crippen LogP contribution in [0.15, 0.2) is 24.5 Å². The first-order valence-electron chi connectivity index (χ1n) is 6.02. The van der Waals surface area contributed by atoms with E-state index < -0.39 is 4.92 Å². The van der Waals surface area contributed by atoms with E-state index in [-0.39, 0.29) is 17.5 Å². The highest BCUT2D eigenvalue weighted by atomic mass is 16.6. The maximum absolute atomic E-state index is 11.0. The lowest BCUT2D eigenvalue weighted by Gasteiger charge is -2.06. The van der Waals surface area contributed by atoms with Crippen molar-refractivity contribution in [2.24, 2.45) is 0 Å². The molecule has 2 rings (SSSR count). The van der Waals surface area contributed by atoms with Crippen LogP contribution in [0.2, 0.25) is 0 Å². The highest BCUT2D eigenvalue weighted by molar-refractivity contribution is 5.65. The van der Waals surface area contributed by atoms with Crippen molar-refractivity contribution in [3.63, 3.8) is 0 Å². The molecule has 8 nitrogen and oxygen atoms in total. The van der Waals surface area contributed by atoms with Crippen LogP contribution in [0, 0.1) is 10.1 Å². The number of nitro groups is 1. The third kappa shape index (κ3) is 2.85. The number of hydrogen-bond acceptors (Lipinski definition) is 6. The minimum Gasteiger partial charge on any atom is -0.481 e. The van der Waals surface area contributed by atoms with Gasteiger partial charge in [-0.2, -0.15) is 10.1 Å². The Hall–Kier alpha value is -2.64. The van der Waals surface area contributed by atoms with Crippen LogP contribution in [0.3, 0.4) is 0 Å². The van der Waals surface area contributed by atoms with E-state index in [2.05, 4.69) is 15.4 Å². The Morgan fingerprint density at radius 1 is 1.45 bits per heavy atom. The van der Waals surface area contributed by atoms with Gasteiger partial charge in [-0.15, -0.1) is 0 Å². The second-order valence-corrected chi connectivity index (χ2v) is 4.41. The summed E-state index contributed by atoms with van der Waals surface area (Å²) in [5.74, 6) is 0.423. The molecule has 106 valence electrons. The van der Waals surface area contributed by atoms with Gasteiger partial charge in [-0.25, -0.2) is 0 Å². The number of rotatable bonds is 5. The second kappa shape index (κ2) is 5.55. The van der Waals surface area contributed by atoms with E-state index >= 15 is 0 Å². The van der Waals surface area contributed by atoms with Gasteiger partial charge in [0.1, 0.15) is 0 Å². The zero-order valence-electron chi connectivity index (χ0n) is 11.4. The Balaban J connectivity index is 2.32. The standard InChI is InChI=1S/C12H15N5O3/c1-8(2)16-7-9(6-13-16)14-12-10(17(18)19)4-5-11(15-12)20-3/h4-8H,1-3H3,(H,14,15). The molecule has 8 heteroatoms. The van der Waals surface area contributed by atoms with Crippen molar-refractivity contribution < 1.29 is 9.66 Å². The van der Waals surface area contributed by atoms with Crippen molar-refractivity contribution in [3.05, 3.63) is 34.6 Å². The van der Waals surface area contributed by atoms with Gasteiger partial charge in [-0.3, -0.25) is 14.8 Å². The molecule has 2 heterocycles. The molecular weight excluding hydrogens is 262 g/mol. The Morgan fingerprint density at radius 2 is 2.20 bits per heavy atom. The van der Waals surface area contributed by atoms with Crippen LogP contribution in [0.1, 0.15) is 19.9 Å². The minimum absolute atomic E-state index is 0.122. The topological polar surface area (TPSA) is 95.1 Å². The van der Waals surface area contributed by atoms with Crippen molar-refractivity contribution in [2.45, 2.75) is 19.9 Å². The summed E-state index contributed by atoms with van der Waals surface area (Å²) >= 11 is 0. The molecule has 0 aliphatic carbocycles. The lowest BCUT2D eigenvalue weighted by atomic mass is 10.3. The van der Waals surface area contributed by atoms with Gasteiger partial charge < -0.3 is 10.1 Å². The molecule has 0 spiro atoms. The minimum atomic E-state index is -0.498. The normalized spacial score (nSPS) is 10.6. The van der Waals surface area contributed by atoms with Crippen LogP contribution in [0.5, 0.6) is 5.88 Å². The molecule has 0 radical (unpaired) electrons. The maximum atomic E-state index is 11.0. The third-order valence-corrected chi connectivity index (χ3v) is 2.65. The quantitative estimate of drug-likeness (QED) is 0.666. The summed E-state index contributed by atoms with van der Waals surface area (Å²) in [7, 11) is 1.45. The third-order valence-electron chi connectivity index (χ3n) is 2.65. The van der Waals surface area contributed by atoms with Crippen molar-refractivity contribution in [1.82, 2.24) is 14.8 Å². The SMILES string of the molecule is COc1ccc([N+](=O)[O-])c(Nc2cnn(C(C)C)c2)n1. The molecule has 1 N–H and O–H groups in total. The van der Waals surface area contributed by atoms with Crippen LogP contribution in [-0.4, -0.2) is 26.8 Å². The average Bonchev–Trinajstić information content (AvgIpc) is 2.87. The smallest absolute Gasteiger partial charge is 0.311 e. The van der Waals surface area contributed by atoms with Crippen molar-refractivity contribution in [1.29, 1.82) is 0 Å². The van der Waals surface area contributed by atoms with Gasteiger partial charge in [0.25, 0.3) is 0 Å². The Bertz CT molecular complexity index is 623. The van der Waals surface area contributed by atoms with Crippen molar-refractivity contribution in [2.75, 3.05) is 12.4 Å². The van der Waals surface area contributed by atoms with Crippen molar-refractivity contribution in [3.8, 4) is 5.88 Å². The molecule has 0 aliphatic heterocycles. The number of methoxy groups -OCH3 is 1. The lowest BCUT2D eigenvalue weighted by molar-refractivity contribution is -0.384. The first-order chi connectivity index (χ1) is 9.51. The molecule has 2 aromatic heterocycles. The zero-order chi connectivity index (χ0) is 14.7. The van der Waals surface area contributed by atoms with Gasteiger partial charge in [0.2, 0.25) is 11.7 Å². The molecule has 0 amide bonds. The van der Waals surface area contributed by atoms with Crippen LogP contribution in [-0.2, 0) is 0 Å². The average molecular weight is 277 g/mol. The van der Waals surface area contributed by atoms with Crippen LogP contribution in [0.25, 0.3) is 0 Å². The molecule has 0 aromatic carbocycles. The Morgan fingerprint density at radius 3 is 2.75 bits per heavy atom. The van der Waals surface area contributed by atoms with Crippen LogP contribution in [0.4, 0.5) is 17.2 Å². The number of pyridine rings is 1. The van der Waals surface area contributed by atoms with Crippen LogP contribution < -0.4 is 10.1 Å². The van der Waals surface area contributed by atoms with E-state index in [1.165, 1.54) is 19.2 Å². The summed E-state index contributed by atoms with van der Waals surface area (Å²) in [6.07, 6.45) is 3.35. The fourth-order valence-electron chi connectivity index (χ4n) is 1.61. The summed E-state index contributed by atoms with van der Waals surface area (Å²) in [4.78, 5) is 14.5. The highest BCUT2D eigenvalue weighted by Gasteiger charge is 2.17. The fraction of sp³-hybridized carbons (Fsp3) is 0.333. The number of aromatic nitrogens is 3. The molecule has 0 fully saturated rings. The first-order valence-corrected chi connectivity index (χ1v) is 6.02. The largest absolute Gasteiger partial charge is 0.481 e. The van der Waals surface area contributed by atoms with Gasteiger partial charge in [-0.1, -0.05) is 0 Å². The Labute approximate surface area is 115 Å². The van der Waals surface area contributed by atoms with Gasteiger partial charge in [0.05, 0.1) is 23.9 Å². The van der Waals surface area contributed by atoms with Gasteiger partial charge in [-0.05, 0) is 13.8 Å². The molecule has 0 atom stereocenters. The molecule has 0 saturated heterocycles. The summed E-state index contributed by atoms with van der Waals surface area (Å²) in [5, 5.41) is 18.0. The van der Waals surface area contributed by atoms with Gasteiger partial charge in [0, 0.05) is 24.4 Å². The number of hydrogen-bond donors (Lipinski definition) is 1. The van der Waals surface area contributed by atoms with Gasteiger partial charge in [0.15, 0.2) is 0 Å². The van der Waals surface area contributed by atoms with E-state index in [0.717, 1.165) is 0 Å². The summed E-state index contributed by atoms with van der Waals surface area (Å²) in [6.45, 7) is 3.98. The molecular formula is C12H15N5O3. The maximum Gasteiger partial charge on any atom is 0.311 e. The van der Waals surface area contributed by atoms with E-state index in [1.54, 1.807) is 17.1 Å². The van der Waals surface area contributed by atoms with E-state index in [4.69, 9.17) is 4.74 Å². The molecule has 20 heavy (non-hydrogen) atoms. The molecule has 2 aromatic rings. The molecule has 0 aliphatic rings. The second-order valence-electron chi connectivity index (χ2n) is 4.41. The first kappa shape index (κ1) is 13.8. The summed E-state index contributed by atoms with van der Waals surface area (Å²) in [5.41, 5.74) is 0.505. The van der Waals surface area contributed by atoms with Crippen molar-refractivity contribution >= 4 is 17.2 Å². The van der Waals surface area contributed by atoms with E-state index in [9.17, 15) is 10.1 Å². The Kier molecular flexibility index (Phi) is 3.83.